The van der Waals surface area contributed by atoms with Crippen LogP contribution in [-0.4, -0.2) is 18.0 Å². The molecule has 5 heteroatoms. The van der Waals surface area contributed by atoms with Gasteiger partial charge in [0.15, 0.2) is 0 Å². The van der Waals surface area contributed by atoms with Crippen molar-refractivity contribution in [2.24, 2.45) is 5.73 Å². The fourth-order valence-electron chi connectivity index (χ4n) is 1.62. The summed E-state index contributed by atoms with van der Waals surface area (Å²) < 4.78 is 12.7. The Morgan fingerprint density at radius 1 is 1.26 bits per heavy atom. The van der Waals surface area contributed by atoms with E-state index in [9.17, 15) is 9.18 Å². The quantitative estimate of drug-likeness (QED) is 0.845. The maximum atomic E-state index is 12.7. The topological polar surface area (TPSA) is 55.1 Å². The average molecular weight is 289 g/mol. The lowest BCUT2D eigenvalue weighted by Gasteiger charge is -2.26. The summed E-state index contributed by atoms with van der Waals surface area (Å²) in [7, 11) is 0. The molecule has 0 atom stereocenters. The van der Waals surface area contributed by atoms with Gasteiger partial charge in [-0.2, -0.15) is 0 Å². The van der Waals surface area contributed by atoms with Crippen molar-refractivity contribution in [2.45, 2.75) is 38.6 Å². The Morgan fingerprint density at radius 2 is 1.79 bits per heavy atom. The molecule has 1 rings (SSSR count). The molecule has 0 aliphatic heterocycles. The lowest BCUT2D eigenvalue weighted by Crippen LogP contribution is -2.49. The normalized spacial score (nSPS) is 10.7. The Bertz CT molecular complexity index is 391. The number of rotatable bonds is 6. The van der Waals surface area contributed by atoms with Crippen LogP contribution in [0.5, 0.6) is 0 Å². The smallest absolute Gasteiger partial charge is 0.224 e. The SMILES string of the molecule is CCC(N)(CC)CNC(=O)Cc1ccc(F)cc1.Cl. The monoisotopic (exact) mass is 288 g/mol. The summed E-state index contributed by atoms with van der Waals surface area (Å²) in [4.78, 5) is 11.7. The molecule has 0 heterocycles. The molecule has 0 aliphatic rings. The number of carbonyl (C=O) groups is 1. The van der Waals surface area contributed by atoms with Crippen molar-refractivity contribution in [3.63, 3.8) is 0 Å². The standard InChI is InChI=1S/C14H21FN2O.ClH/c1-3-14(16,4-2)10-17-13(18)9-11-5-7-12(15)8-6-11;/h5-8H,3-4,9-10,16H2,1-2H3,(H,17,18);1H. The maximum absolute atomic E-state index is 12.7. The number of halogens is 2. The van der Waals surface area contributed by atoms with Crippen LogP contribution >= 0.6 is 12.4 Å². The van der Waals surface area contributed by atoms with Crippen LogP contribution in [0.15, 0.2) is 24.3 Å². The third-order valence-corrected chi connectivity index (χ3v) is 3.32. The fourth-order valence-corrected chi connectivity index (χ4v) is 1.62. The third kappa shape index (κ3) is 6.03. The second kappa shape index (κ2) is 8.12. The van der Waals surface area contributed by atoms with Crippen molar-refractivity contribution in [2.75, 3.05) is 6.54 Å². The molecule has 19 heavy (non-hydrogen) atoms. The van der Waals surface area contributed by atoms with E-state index in [-0.39, 0.29) is 36.1 Å². The number of amides is 1. The van der Waals surface area contributed by atoms with Gasteiger partial charge in [0.1, 0.15) is 5.82 Å². The lowest BCUT2D eigenvalue weighted by molar-refractivity contribution is -0.120. The second-order valence-corrected chi connectivity index (χ2v) is 4.65. The highest BCUT2D eigenvalue weighted by atomic mass is 35.5. The molecule has 0 unspecified atom stereocenters. The van der Waals surface area contributed by atoms with E-state index in [1.54, 1.807) is 12.1 Å². The zero-order valence-electron chi connectivity index (χ0n) is 11.4. The maximum Gasteiger partial charge on any atom is 0.224 e. The van der Waals surface area contributed by atoms with Gasteiger partial charge in [-0.15, -0.1) is 12.4 Å². The van der Waals surface area contributed by atoms with E-state index in [0.717, 1.165) is 18.4 Å². The minimum atomic E-state index is -0.335. The van der Waals surface area contributed by atoms with E-state index in [2.05, 4.69) is 5.32 Å². The molecule has 0 aliphatic carbocycles. The molecule has 0 aromatic heterocycles. The van der Waals surface area contributed by atoms with Gasteiger partial charge in [-0.25, -0.2) is 4.39 Å². The summed E-state index contributed by atoms with van der Waals surface area (Å²) >= 11 is 0. The van der Waals surface area contributed by atoms with Crippen LogP contribution in [-0.2, 0) is 11.2 Å². The van der Waals surface area contributed by atoms with E-state index in [4.69, 9.17) is 5.73 Å². The van der Waals surface area contributed by atoms with Gasteiger partial charge in [0.05, 0.1) is 6.42 Å². The summed E-state index contributed by atoms with van der Waals surface area (Å²) in [5.74, 6) is -0.379. The lowest BCUT2D eigenvalue weighted by atomic mass is 9.94. The Hall–Kier alpha value is -1.13. The molecule has 1 aromatic carbocycles. The van der Waals surface area contributed by atoms with Gasteiger partial charge in [-0.1, -0.05) is 26.0 Å². The number of benzene rings is 1. The Balaban J connectivity index is 0.00000324. The molecule has 0 fully saturated rings. The van der Waals surface area contributed by atoms with Gasteiger partial charge in [-0.05, 0) is 30.5 Å². The van der Waals surface area contributed by atoms with Gasteiger partial charge in [0, 0.05) is 12.1 Å². The number of nitrogens with two attached hydrogens (primary N) is 1. The van der Waals surface area contributed by atoms with Crippen molar-refractivity contribution in [3.05, 3.63) is 35.6 Å². The molecule has 0 saturated carbocycles. The van der Waals surface area contributed by atoms with Crippen molar-refractivity contribution in [3.8, 4) is 0 Å². The number of hydrogen-bond acceptors (Lipinski definition) is 2. The van der Waals surface area contributed by atoms with Crippen LogP contribution in [0.4, 0.5) is 4.39 Å². The molecule has 1 aromatic rings. The Labute approximate surface area is 120 Å². The summed E-state index contributed by atoms with van der Waals surface area (Å²) in [6.07, 6.45) is 1.89. The molecule has 3 N–H and O–H groups in total. The van der Waals surface area contributed by atoms with Gasteiger partial charge in [-0.3, -0.25) is 4.79 Å². The molecule has 108 valence electrons. The summed E-state index contributed by atoms with van der Waals surface area (Å²) in [5.41, 5.74) is 6.55. The van der Waals surface area contributed by atoms with Crippen LogP contribution in [0, 0.1) is 5.82 Å². The number of hydrogen-bond donors (Lipinski definition) is 2. The van der Waals surface area contributed by atoms with E-state index < -0.39 is 0 Å². The number of nitrogens with one attached hydrogen (secondary N) is 1. The van der Waals surface area contributed by atoms with E-state index in [1.807, 2.05) is 13.8 Å². The highest BCUT2D eigenvalue weighted by molar-refractivity contribution is 5.85. The third-order valence-electron chi connectivity index (χ3n) is 3.32. The first-order chi connectivity index (χ1) is 8.49. The van der Waals surface area contributed by atoms with Crippen LogP contribution in [0.2, 0.25) is 0 Å². The molecule has 0 saturated heterocycles. The summed E-state index contributed by atoms with van der Waals surface area (Å²) in [6, 6.07) is 5.94. The van der Waals surface area contributed by atoms with Crippen molar-refractivity contribution < 1.29 is 9.18 Å². The molecular formula is C14H22ClFN2O. The van der Waals surface area contributed by atoms with Gasteiger partial charge in [0.2, 0.25) is 5.91 Å². The number of carbonyl (C=O) groups excluding carboxylic acids is 1. The fraction of sp³-hybridized carbons (Fsp3) is 0.500. The average Bonchev–Trinajstić information content (AvgIpc) is 2.39. The van der Waals surface area contributed by atoms with E-state index in [0.29, 0.717) is 6.54 Å². The first kappa shape index (κ1) is 17.9. The van der Waals surface area contributed by atoms with E-state index >= 15 is 0 Å². The van der Waals surface area contributed by atoms with Crippen LogP contribution in [0.1, 0.15) is 32.3 Å². The van der Waals surface area contributed by atoms with Crippen LogP contribution in [0.25, 0.3) is 0 Å². The summed E-state index contributed by atoms with van der Waals surface area (Å²) in [6.45, 7) is 4.49. The predicted octanol–water partition coefficient (Wildman–Crippen LogP) is 2.42. The van der Waals surface area contributed by atoms with Crippen molar-refractivity contribution in [1.82, 2.24) is 5.32 Å². The van der Waals surface area contributed by atoms with Crippen molar-refractivity contribution >= 4 is 18.3 Å². The van der Waals surface area contributed by atoms with E-state index in [1.165, 1.54) is 12.1 Å². The van der Waals surface area contributed by atoms with Crippen molar-refractivity contribution in [1.29, 1.82) is 0 Å². The molecule has 0 bridgehead atoms. The first-order valence-corrected chi connectivity index (χ1v) is 6.29. The van der Waals surface area contributed by atoms with Gasteiger partial charge in [0.25, 0.3) is 0 Å². The minimum absolute atomic E-state index is 0. The highest BCUT2D eigenvalue weighted by Crippen LogP contribution is 2.09. The zero-order chi connectivity index (χ0) is 13.6. The van der Waals surface area contributed by atoms with Crippen LogP contribution in [0.3, 0.4) is 0 Å². The molecule has 3 nitrogen and oxygen atoms in total. The zero-order valence-corrected chi connectivity index (χ0v) is 12.2. The minimum Gasteiger partial charge on any atom is -0.354 e. The molecule has 1 amide bonds. The first-order valence-electron chi connectivity index (χ1n) is 6.29. The Kier molecular flexibility index (Phi) is 7.64. The largest absolute Gasteiger partial charge is 0.354 e. The van der Waals surface area contributed by atoms with Gasteiger partial charge >= 0.3 is 0 Å². The predicted molar refractivity (Wildman–Crippen MR) is 77.9 cm³/mol. The Morgan fingerprint density at radius 3 is 2.26 bits per heavy atom. The highest BCUT2D eigenvalue weighted by Gasteiger charge is 2.20. The van der Waals surface area contributed by atoms with Gasteiger partial charge < -0.3 is 11.1 Å². The van der Waals surface area contributed by atoms with Crippen LogP contribution < -0.4 is 11.1 Å². The molecule has 0 radical (unpaired) electrons. The summed E-state index contributed by atoms with van der Waals surface area (Å²) in [5, 5.41) is 2.83. The molecular weight excluding hydrogens is 267 g/mol. The second-order valence-electron chi connectivity index (χ2n) is 4.65. The molecule has 0 spiro atoms.